The summed E-state index contributed by atoms with van der Waals surface area (Å²) in [5, 5.41) is 4.99. The lowest BCUT2D eigenvalue weighted by atomic mass is 9.98. The fourth-order valence-corrected chi connectivity index (χ4v) is 4.51. The minimum Gasteiger partial charge on any atom is -0.381 e. The number of hydrogen-bond acceptors (Lipinski definition) is 4. The van der Waals surface area contributed by atoms with Gasteiger partial charge in [0.2, 0.25) is 0 Å². The molecule has 26 heavy (non-hydrogen) atoms. The number of nitrogens with one attached hydrogen (secondary N) is 1. The highest BCUT2D eigenvalue weighted by molar-refractivity contribution is 7.12. The molecule has 0 aromatic carbocycles. The number of hydrogen-bond donors (Lipinski definition) is 1. The van der Waals surface area contributed by atoms with Gasteiger partial charge in [0, 0.05) is 44.9 Å². The van der Waals surface area contributed by atoms with Crippen LogP contribution in [0.2, 0.25) is 0 Å². The van der Waals surface area contributed by atoms with Crippen molar-refractivity contribution in [2.45, 2.75) is 51.1 Å². The van der Waals surface area contributed by atoms with Gasteiger partial charge in [-0.1, -0.05) is 13.0 Å². The third kappa shape index (κ3) is 4.57. The van der Waals surface area contributed by atoms with Crippen LogP contribution in [0, 0.1) is 0 Å². The molecule has 2 aliphatic rings. The normalized spacial score (nSPS) is 19.3. The van der Waals surface area contributed by atoms with Gasteiger partial charge in [0.15, 0.2) is 0 Å². The fourth-order valence-electron chi connectivity index (χ4n) is 3.82. The number of rotatable bonds is 5. The van der Waals surface area contributed by atoms with Gasteiger partial charge in [0.25, 0.3) is 5.91 Å². The summed E-state index contributed by atoms with van der Waals surface area (Å²) in [6, 6.07) is 4.27. The van der Waals surface area contributed by atoms with Gasteiger partial charge in [-0.3, -0.25) is 4.79 Å². The standard InChI is InChI=1S/C19H29N3O3S/c1-2-9-20-19(24)22(16-7-12-25-13-8-16)15-5-10-21(11-6-15)18(23)17-4-3-14-26-17/h3-4,14-16H,2,5-13H2,1H3,(H,20,24). The average molecular weight is 380 g/mol. The Bertz CT molecular complexity index is 579. The van der Waals surface area contributed by atoms with Crippen LogP contribution in [0.5, 0.6) is 0 Å². The zero-order valence-corrected chi connectivity index (χ0v) is 16.3. The Hall–Kier alpha value is -1.60. The van der Waals surface area contributed by atoms with Crippen molar-refractivity contribution in [3.63, 3.8) is 0 Å². The predicted octanol–water partition coefficient (Wildman–Crippen LogP) is 2.95. The molecular weight excluding hydrogens is 350 g/mol. The van der Waals surface area contributed by atoms with Crippen molar-refractivity contribution in [1.82, 2.24) is 15.1 Å². The van der Waals surface area contributed by atoms with Crippen molar-refractivity contribution in [3.8, 4) is 0 Å². The van der Waals surface area contributed by atoms with Crippen LogP contribution in [0.4, 0.5) is 4.79 Å². The monoisotopic (exact) mass is 379 g/mol. The molecule has 7 heteroatoms. The number of carbonyl (C=O) groups is 2. The summed E-state index contributed by atoms with van der Waals surface area (Å²) in [5.74, 6) is 0.117. The molecule has 3 amide bonds. The molecule has 0 spiro atoms. The first kappa shape index (κ1) is 19.2. The van der Waals surface area contributed by atoms with E-state index in [9.17, 15) is 9.59 Å². The Morgan fingerprint density at radius 2 is 1.92 bits per heavy atom. The van der Waals surface area contributed by atoms with Crippen LogP contribution < -0.4 is 5.32 Å². The van der Waals surface area contributed by atoms with Crippen LogP contribution in [0.25, 0.3) is 0 Å². The quantitative estimate of drug-likeness (QED) is 0.856. The van der Waals surface area contributed by atoms with Crippen LogP contribution in [0.15, 0.2) is 17.5 Å². The highest BCUT2D eigenvalue weighted by Crippen LogP contribution is 2.25. The van der Waals surface area contributed by atoms with E-state index in [0.717, 1.165) is 50.2 Å². The molecule has 3 rings (SSSR count). The first-order valence-corrected chi connectivity index (χ1v) is 10.6. The largest absolute Gasteiger partial charge is 0.381 e. The van der Waals surface area contributed by atoms with Gasteiger partial charge in [0.05, 0.1) is 4.88 Å². The second-order valence-electron chi connectivity index (χ2n) is 6.98. The second kappa shape index (κ2) is 9.37. The van der Waals surface area contributed by atoms with Crippen LogP contribution in [0.1, 0.15) is 48.7 Å². The Morgan fingerprint density at radius 1 is 1.23 bits per heavy atom. The maximum Gasteiger partial charge on any atom is 0.317 e. The number of likely N-dealkylation sites (tertiary alicyclic amines) is 1. The predicted molar refractivity (Wildman–Crippen MR) is 103 cm³/mol. The van der Waals surface area contributed by atoms with Crippen molar-refractivity contribution >= 4 is 23.3 Å². The summed E-state index contributed by atoms with van der Waals surface area (Å²) >= 11 is 1.49. The second-order valence-corrected chi connectivity index (χ2v) is 7.93. The van der Waals surface area contributed by atoms with E-state index in [-0.39, 0.29) is 24.0 Å². The van der Waals surface area contributed by atoms with Crippen LogP contribution in [-0.2, 0) is 4.74 Å². The number of ether oxygens (including phenoxy) is 1. The summed E-state index contributed by atoms with van der Waals surface area (Å²) in [4.78, 5) is 30.1. The van der Waals surface area contributed by atoms with E-state index >= 15 is 0 Å². The maximum absolute atomic E-state index is 12.8. The SMILES string of the molecule is CCCNC(=O)N(C1CCOCC1)C1CCN(C(=O)c2cccs2)CC1. The molecule has 6 nitrogen and oxygen atoms in total. The third-order valence-electron chi connectivity index (χ3n) is 5.22. The minimum absolute atomic E-state index is 0.0433. The fraction of sp³-hybridized carbons (Fsp3) is 0.684. The topological polar surface area (TPSA) is 61.9 Å². The summed E-state index contributed by atoms with van der Waals surface area (Å²) < 4.78 is 5.48. The maximum atomic E-state index is 12.8. The lowest BCUT2D eigenvalue weighted by Crippen LogP contribution is -2.56. The van der Waals surface area contributed by atoms with Crippen molar-refractivity contribution in [1.29, 1.82) is 0 Å². The zero-order chi connectivity index (χ0) is 18.4. The molecule has 2 saturated heterocycles. The van der Waals surface area contributed by atoms with Gasteiger partial charge in [-0.15, -0.1) is 11.3 Å². The van der Waals surface area contributed by atoms with E-state index < -0.39 is 0 Å². The Morgan fingerprint density at radius 3 is 2.54 bits per heavy atom. The van der Waals surface area contributed by atoms with E-state index in [1.807, 2.05) is 22.4 Å². The lowest BCUT2D eigenvalue weighted by molar-refractivity contribution is 0.0210. The summed E-state index contributed by atoms with van der Waals surface area (Å²) in [6.07, 6.45) is 4.41. The van der Waals surface area contributed by atoms with Gasteiger partial charge >= 0.3 is 6.03 Å². The number of piperidine rings is 1. The number of thiophene rings is 1. The smallest absolute Gasteiger partial charge is 0.317 e. The molecule has 3 heterocycles. The molecule has 0 bridgehead atoms. The van der Waals surface area contributed by atoms with Crippen LogP contribution in [0.3, 0.4) is 0 Å². The van der Waals surface area contributed by atoms with Gasteiger partial charge in [0.1, 0.15) is 0 Å². The zero-order valence-electron chi connectivity index (χ0n) is 15.5. The van der Waals surface area contributed by atoms with E-state index in [0.29, 0.717) is 19.6 Å². The Kier molecular flexibility index (Phi) is 6.91. The number of nitrogens with zero attached hydrogens (tertiary/aromatic N) is 2. The van der Waals surface area contributed by atoms with Crippen LogP contribution >= 0.6 is 11.3 Å². The van der Waals surface area contributed by atoms with E-state index in [1.165, 1.54) is 11.3 Å². The summed E-state index contributed by atoms with van der Waals surface area (Å²) in [6.45, 7) is 5.63. The number of urea groups is 1. The van der Waals surface area contributed by atoms with Crippen molar-refractivity contribution in [3.05, 3.63) is 22.4 Å². The molecular formula is C19H29N3O3S. The molecule has 0 aliphatic carbocycles. The number of amides is 3. The molecule has 0 atom stereocenters. The van der Waals surface area contributed by atoms with E-state index in [2.05, 4.69) is 17.1 Å². The van der Waals surface area contributed by atoms with E-state index in [4.69, 9.17) is 4.74 Å². The van der Waals surface area contributed by atoms with Crippen LogP contribution in [-0.4, -0.2) is 66.7 Å². The molecule has 2 aliphatic heterocycles. The van der Waals surface area contributed by atoms with Gasteiger partial charge in [-0.2, -0.15) is 0 Å². The van der Waals surface area contributed by atoms with Crippen molar-refractivity contribution in [2.24, 2.45) is 0 Å². The van der Waals surface area contributed by atoms with Gasteiger partial charge in [-0.05, 0) is 43.6 Å². The van der Waals surface area contributed by atoms with Crippen molar-refractivity contribution in [2.75, 3.05) is 32.8 Å². The molecule has 0 unspecified atom stereocenters. The van der Waals surface area contributed by atoms with Gasteiger partial charge < -0.3 is 19.9 Å². The number of carbonyl (C=O) groups excluding carboxylic acids is 2. The molecule has 1 N–H and O–H groups in total. The molecule has 2 fully saturated rings. The summed E-state index contributed by atoms with van der Waals surface area (Å²) in [5.41, 5.74) is 0. The van der Waals surface area contributed by atoms with Crippen molar-refractivity contribution < 1.29 is 14.3 Å². The Labute approximate surface area is 159 Å². The van der Waals surface area contributed by atoms with E-state index in [1.54, 1.807) is 0 Å². The molecule has 0 saturated carbocycles. The molecule has 1 aromatic rings. The summed E-state index contributed by atoms with van der Waals surface area (Å²) in [7, 11) is 0. The molecule has 0 radical (unpaired) electrons. The van der Waals surface area contributed by atoms with Gasteiger partial charge in [-0.25, -0.2) is 4.79 Å². The minimum atomic E-state index is 0.0433. The molecule has 1 aromatic heterocycles. The Balaban J connectivity index is 1.62. The first-order valence-electron chi connectivity index (χ1n) is 9.67. The molecule has 144 valence electrons. The third-order valence-corrected chi connectivity index (χ3v) is 6.08. The highest BCUT2D eigenvalue weighted by Gasteiger charge is 2.35. The lowest BCUT2D eigenvalue weighted by Gasteiger charge is -2.43. The average Bonchev–Trinajstić information content (AvgIpc) is 3.22. The highest BCUT2D eigenvalue weighted by atomic mass is 32.1. The first-order chi connectivity index (χ1) is 12.7.